The van der Waals surface area contributed by atoms with Crippen molar-refractivity contribution in [3.05, 3.63) is 23.2 Å². The van der Waals surface area contributed by atoms with Crippen molar-refractivity contribution in [2.45, 2.75) is 47.0 Å². The molecule has 0 atom stereocenters. The molecule has 0 radical (unpaired) electrons. The number of hydrogen-bond donors (Lipinski definition) is 1. The zero-order chi connectivity index (χ0) is 13.4. The van der Waals surface area contributed by atoms with Crippen LogP contribution in [0, 0.1) is 6.92 Å². The molecule has 0 bridgehead atoms. The largest absolute Gasteiger partial charge is 0.462 e. The highest BCUT2D eigenvalue weighted by atomic mass is 16.5. The van der Waals surface area contributed by atoms with E-state index in [1.807, 2.05) is 19.9 Å². The Morgan fingerprint density at radius 2 is 2.11 bits per heavy atom. The lowest BCUT2D eigenvalue weighted by Gasteiger charge is -2.07. The molecule has 1 N–H and O–H groups in total. The van der Waals surface area contributed by atoms with Gasteiger partial charge in [0.25, 0.3) is 0 Å². The first-order valence-corrected chi connectivity index (χ1v) is 6.61. The minimum absolute atomic E-state index is 0.256. The molecule has 1 aromatic heterocycles. The van der Waals surface area contributed by atoms with Gasteiger partial charge in [-0.15, -0.1) is 0 Å². The monoisotopic (exact) mass is 255 g/mol. The number of rotatable bonds is 9. The van der Waals surface area contributed by atoms with Crippen LogP contribution in [-0.4, -0.2) is 25.9 Å². The molecule has 18 heavy (non-hydrogen) atoms. The summed E-state index contributed by atoms with van der Waals surface area (Å²) in [6.45, 7) is 11.6. The lowest BCUT2D eigenvalue weighted by molar-refractivity contribution is 0.0101. The van der Waals surface area contributed by atoms with E-state index in [9.17, 15) is 0 Å². The highest BCUT2D eigenvalue weighted by Gasteiger charge is 2.07. The number of furan rings is 1. The van der Waals surface area contributed by atoms with Gasteiger partial charge in [-0.1, -0.05) is 6.92 Å². The summed E-state index contributed by atoms with van der Waals surface area (Å²) in [6, 6.07) is 2.04. The maximum atomic E-state index is 5.72. The third-order valence-corrected chi connectivity index (χ3v) is 2.53. The summed E-state index contributed by atoms with van der Waals surface area (Å²) in [5, 5.41) is 3.25. The van der Waals surface area contributed by atoms with E-state index in [2.05, 4.69) is 19.2 Å². The van der Waals surface area contributed by atoms with E-state index >= 15 is 0 Å². The molecular weight excluding hydrogens is 230 g/mol. The van der Waals surface area contributed by atoms with Gasteiger partial charge in [-0.25, -0.2) is 0 Å². The molecule has 4 nitrogen and oxygen atoms in total. The Morgan fingerprint density at radius 3 is 2.78 bits per heavy atom. The smallest absolute Gasteiger partial charge is 0.130 e. The van der Waals surface area contributed by atoms with Crippen molar-refractivity contribution in [2.75, 3.05) is 19.8 Å². The number of aryl methyl sites for hydroxylation is 1. The van der Waals surface area contributed by atoms with E-state index in [4.69, 9.17) is 13.9 Å². The summed E-state index contributed by atoms with van der Waals surface area (Å²) in [6.07, 6.45) is 0.256. The molecule has 1 aromatic rings. The van der Waals surface area contributed by atoms with Gasteiger partial charge in [-0.05, 0) is 38.9 Å². The molecule has 0 saturated carbocycles. The van der Waals surface area contributed by atoms with Crippen LogP contribution in [0.3, 0.4) is 0 Å². The van der Waals surface area contributed by atoms with Gasteiger partial charge in [0.15, 0.2) is 0 Å². The fraction of sp³-hybridized carbons (Fsp3) is 0.714. The Kier molecular flexibility index (Phi) is 7.01. The predicted octanol–water partition coefficient (Wildman–Crippen LogP) is 2.64. The van der Waals surface area contributed by atoms with Gasteiger partial charge in [0.1, 0.15) is 18.1 Å². The first-order chi connectivity index (χ1) is 8.63. The molecule has 0 spiro atoms. The Balaban J connectivity index is 2.25. The van der Waals surface area contributed by atoms with Crippen molar-refractivity contribution >= 4 is 0 Å². The predicted molar refractivity (Wildman–Crippen MR) is 71.6 cm³/mol. The minimum Gasteiger partial charge on any atom is -0.462 e. The van der Waals surface area contributed by atoms with Crippen LogP contribution in [0.1, 0.15) is 37.9 Å². The topological polar surface area (TPSA) is 43.6 Å². The first kappa shape index (κ1) is 15.2. The molecule has 1 rings (SSSR count). The Labute approximate surface area is 110 Å². The van der Waals surface area contributed by atoms with Gasteiger partial charge in [0, 0.05) is 0 Å². The molecule has 0 aliphatic heterocycles. The fourth-order valence-corrected chi connectivity index (χ4v) is 1.59. The molecule has 0 saturated heterocycles. The van der Waals surface area contributed by atoms with Crippen LogP contribution in [0.5, 0.6) is 0 Å². The van der Waals surface area contributed by atoms with Gasteiger partial charge in [-0.3, -0.25) is 0 Å². The van der Waals surface area contributed by atoms with Crippen LogP contribution in [0.4, 0.5) is 0 Å². The van der Waals surface area contributed by atoms with Crippen LogP contribution in [-0.2, 0) is 22.6 Å². The maximum Gasteiger partial charge on any atom is 0.130 e. The lowest BCUT2D eigenvalue weighted by Crippen LogP contribution is -2.11. The molecule has 4 heteroatoms. The van der Waals surface area contributed by atoms with Gasteiger partial charge in [0.05, 0.1) is 25.9 Å². The number of hydrogen-bond acceptors (Lipinski definition) is 4. The maximum absolute atomic E-state index is 5.72. The molecule has 0 aliphatic rings. The first-order valence-electron chi connectivity index (χ1n) is 6.61. The average Bonchev–Trinajstić information content (AvgIpc) is 2.66. The normalized spacial score (nSPS) is 11.4. The Morgan fingerprint density at radius 1 is 1.33 bits per heavy atom. The van der Waals surface area contributed by atoms with E-state index in [0.717, 1.165) is 24.6 Å². The summed E-state index contributed by atoms with van der Waals surface area (Å²) in [5.74, 6) is 1.87. The quantitative estimate of drug-likeness (QED) is 0.689. The summed E-state index contributed by atoms with van der Waals surface area (Å²) < 4.78 is 16.6. The van der Waals surface area contributed by atoms with E-state index in [1.165, 1.54) is 5.56 Å². The molecule has 1 heterocycles. The van der Waals surface area contributed by atoms with Gasteiger partial charge < -0.3 is 19.2 Å². The van der Waals surface area contributed by atoms with Crippen molar-refractivity contribution in [1.82, 2.24) is 5.32 Å². The highest BCUT2D eigenvalue weighted by Crippen LogP contribution is 2.15. The van der Waals surface area contributed by atoms with Crippen LogP contribution >= 0.6 is 0 Å². The van der Waals surface area contributed by atoms with Crippen molar-refractivity contribution in [3.8, 4) is 0 Å². The van der Waals surface area contributed by atoms with Gasteiger partial charge in [-0.2, -0.15) is 0 Å². The third kappa shape index (κ3) is 5.67. The van der Waals surface area contributed by atoms with E-state index in [0.29, 0.717) is 19.8 Å². The molecule has 0 fully saturated rings. The molecular formula is C14H25NO3. The molecule has 0 amide bonds. The molecule has 104 valence electrons. The van der Waals surface area contributed by atoms with E-state index < -0.39 is 0 Å². The van der Waals surface area contributed by atoms with Crippen molar-refractivity contribution in [1.29, 1.82) is 0 Å². The Hall–Kier alpha value is -0.840. The van der Waals surface area contributed by atoms with Crippen LogP contribution in [0.25, 0.3) is 0 Å². The fourth-order valence-electron chi connectivity index (χ4n) is 1.59. The van der Waals surface area contributed by atoms with Crippen molar-refractivity contribution < 1.29 is 13.9 Å². The van der Waals surface area contributed by atoms with E-state index in [-0.39, 0.29) is 6.10 Å². The Bertz CT molecular complexity index is 334. The van der Waals surface area contributed by atoms with Crippen LogP contribution in [0.15, 0.2) is 10.5 Å². The zero-order valence-corrected chi connectivity index (χ0v) is 11.9. The molecule has 0 aliphatic carbocycles. The van der Waals surface area contributed by atoms with Crippen LogP contribution in [0.2, 0.25) is 0 Å². The summed E-state index contributed by atoms with van der Waals surface area (Å²) in [5.41, 5.74) is 1.17. The average molecular weight is 255 g/mol. The second-order valence-electron chi connectivity index (χ2n) is 4.57. The van der Waals surface area contributed by atoms with Crippen molar-refractivity contribution in [3.63, 3.8) is 0 Å². The SMILES string of the molecule is CCNCc1oc(COCCOC(C)C)cc1C. The summed E-state index contributed by atoms with van der Waals surface area (Å²) in [4.78, 5) is 0. The minimum atomic E-state index is 0.256. The second kappa shape index (κ2) is 8.29. The van der Waals surface area contributed by atoms with Crippen molar-refractivity contribution in [2.24, 2.45) is 0 Å². The number of nitrogens with one attached hydrogen (secondary N) is 1. The van der Waals surface area contributed by atoms with E-state index in [1.54, 1.807) is 0 Å². The van der Waals surface area contributed by atoms with Crippen LogP contribution < -0.4 is 5.32 Å². The zero-order valence-electron chi connectivity index (χ0n) is 11.9. The molecule has 0 aromatic carbocycles. The summed E-state index contributed by atoms with van der Waals surface area (Å²) in [7, 11) is 0. The number of ether oxygens (including phenoxy) is 2. The van der Waals surface area contributed by atoms with Gasteiger partial charge in [0.2, 0.25) is 0 Å². The van der Waals surface area contributed by atoms with Gasteiger partial charge >= 0.3 is 0 Å². The third-order valence-electron chi connectivity index (χ3n) is 2.53. The molecule has 0 unspecified atom stereocenters. The lowest BCUT2D eigenvalue weighted by atomic mass is 10.2. The highest BCUT2D eigenvalue weighted by molar-refractivity contribution is 5.19. The summed E-state index contributed by atoms with van der Waals surface area (Å²) >= 11 is 0. The second-order valence-corrected chi connectivity index (χ2v) is 4.57. The standard InChI is InChI=1S/C14H25NO3/c1-5-15-9-14-12(4)8-13(18-14)10-16-6-7-17-11(2)3/h8,11,15H,5-7,9-10H2,1-4H3.